The second kappa shape index (κ2) is 6.71. The molecule has 1 heterocycles. The van der Waals surface area contributed by atoms with Gasteiger partial charge in [0.1, 0.15) is 0 Å². The fraction of sp³-hybridized carbons (Fsp3) is 0.812. The monoisotopic (exact) mass is 326 g/mol. The molecule has 3 rings (SSSR count). The van der Waals surface area contributed by atoms with E-state index in [1.54, 1.807) is 4.90 Å². The molecule has 22 heavy (non-hydrogen) atoms. The van der Waals surface area contributed by atoms with Gasteiger partial charge in [0.25, 0.3) is 0 Å². The summed E-state index contributed by atoms with van der Waals surface area (Å²) >= 11 is 0. The lowest BCUT2D eigenvalue weighted by molar-refractivity contribution is -0.135. The van der Waals surface area contributed by atoms with Crippen LogP contribution in [0.2, 0.25) is 0 Å². The van der Waals surface area contributed by atoms with Crippen molar-refractivity contribution in [3.05, 3.63) is 12.2 Å². The van der Waals surface area contributed by atoms with Gasteiger partial charge in [-0.2, -0.15) is 0 Å². The van der Waals surface area contributed by atoms with Gasteiger partial charge in [0, 0.05) is 25.0 Å². The van der Waals surface area contributed by atoms with Crippen molar-refractivity contribution in [1.82, 2.24) is 9.62 Å². The van der Waals surface area contributed by atoms with Gasteiger partial charge in [-0.05, 0) is 38.5 Å². The molecule has 1 aliphatic heterocycles. The molecule has 1 N–H and O–H groups in total. The van der Waals surface area contributed by atoms with Crippen LogP contribution in [0.15, 0.2) is 12.2 Å². The highest BCUT2D eigenvalue weighted by Crippen LogP contribution is 2.25. The zero-order valence-corrected chi connectivity index (χ0v) is 13.9. The largest absolute Gasteiger partial charge is 0.341 e. The van der Waals surface area contributed by atoms with Crippen LogP contribution >= 0.6 is 0 Å². The summed E-state index contributed by atoms with van der Waals surface area (Å²) in [6, 6.07) is 0.107. The van der Waals surface area contributed by atoms with Gasteiger partial charge in [0.05, 0.1) is 5.25 Å². The van der Waals surface area contributed by atoms with E-state index in [1.807, 2.05) is 12.2 Å². The number of piperidine rings is 1. The number of nitrogens with zero attached hydrogens (tertiary/aromatic N) is 1. The lowest BCUT2D eigenvalue weighted by atomic mass is 10.0. The number of hydrogen-bond donors (Lipinski definition) is 1. The minimum Gasteiger partial charge on any atom is -0.341 e. The normalized spacial score (nSPS) is 27.6. The molecule has 124 valence electrons. The number of likely N-dealkylation sites (tertiary alicyclic amines) is 1. The topological polar surface area (TPSA) is 66.5 Å². The summed E-state index contributed by atoms with van der Waals surface area (Å²) in [5.41, 5.74) is 0. The minimum atomic E-state index is -3.32. The molecule has 5 nitrogen and oxygen atoms in total. The predicted octanol–water partition coefficient (Wildman–Crippen LogP) is 1.81. The number of nitrogens with one attached hydrogen (secondary N) is 1. The first-order valence-electron chi connectivity index (χ1n) is 8.51. The Kier molecular flexibility index (Phi) is 4.88. The third kappa shape index (κ3) is 3.54. The van der Waals surface area contributed by atoms with Crippen LogP contribution in [0, 0.1) is 5.92 Å². The number of allylic oxidation sites excluding steroid dienone is 2. The molecule has 0 radical (unpaired) electrons. The lowest BCUT2D eigenvalue weighted by Gasteiger charge is -2.34. The quantitative estimate of drug-likeness (QED) is 0.801. The van der Waals surface area contributed by atoms with E-state index >= 15 is 0 Å². The third-order valence-electron chi connectivity index (χ3n) is 5.17. The molecule has 0 spiro atoms. The van der Waals surface area contributed by atoms with E-state index in [9.17, 15) is 13.2 Å². The van der Waals surface area contributed by atoms with Crippen molar-refractivity contribution in [2.45, 2.75) is 62.7 Å². The van der Waals surface area contributed by atoms with Gasteiger partial charge in [-0.15, -0.1) is 0 Å². The van der Waals surface area contributed by atoms with Crippen molar-refractivity contribution in [3.8, 4) is 0 Å². The molecule has 2 aliphatic carbocycles. The highest BCUT2D eigenvalue weighted by Gasteiger charge is 2.36. The van der Waals surface area contributed by atoms with Crippen LogP contribution in [0.1, 0.15) is 51.4 Å². The fourth-order valence-corrected chi connectivity index (χ4v) is 5.59. The van der Waals surface area contributed by atoms with Crippen molar-refractivity contribution in [3.63, 3.8) is 0 Å². The maximum Gasteiger partial charge on any atom is 0.226 e. The molecular formula is C16H26N2O3S. The van der Waals surface area contributed by atoms with Crippen LogP contribution in [-0.4, -0.2) is 43.6 Å². The Labute approximate surface area is 133 Å². The Morgan fingerprint density at radius 1 is 1.05 bits per heavy atom. The summed E-state index contributed by atoms with van der Waals surface area (Å²) < 4.78 is 28.0. The van der Waals surface area contributed by atoms with Gasteiger partial charge in [-0.25, -0.2) is 13.1 Å². The fourth-order valence-electron chi connectivity index (χ4n) is 3.84. The zero-order chi connectivity index (χ0) is 15.6. The van der Waals surface area contributed by atoms with Gasteiger partial charge in [-0.1, -0.05) is 25.0 Å². The number of hydrogen-bond acceptors (Lipinski definition) is 3. The Morgan fingerprint density at radius 2 is 1.73 bits per heavy atom. The van der Waals surface area contributed by atoms with E-state index in [1.165, 1.54) is 0 Å². The van der Waals surface area contributed by atoms with E-state index in [-0.39, 0.29) is 17.9 Å². The maximum atomic E-state index is 12.6. The van der Waals surface area contributed by atoms with Crippen LogP contribution in [0.4, 0.5) is 0 Å². The number of rotatable bonds is 4. The molecule has 0 bridgehead atoms. The molecule has 1 amide bonds. The standard InChI is InChI=1S/C16H26N2O3S/c19-16(13-6-1-2-7-13)18-11-5-10-15(12-18)22(20,21)17-14-8-3-4-9-14/h1-2,13-15,17H,3-12H2. The second-order valence-electron chi connectivity index (χ2n) is 6.83. The first kappa shape index (κ1) is 16.0. The molecule has 6 heteroatoms. The van der Waals surface area contributed by atoms with Gasteiger partial charge >= 0.3 is 0 Å². The molecular weight excluding hydrogens is 300 g/mol. The van der Waals surface area contributed by atoms with E-state index in [0.29, 0.717) is 19.5 Å². The van der Waals surface area contributed by atoms with Gasteiger partial charge < -0.3 is 4.90 Å². The Bertz CT molecular complexity index is 530. The summed E-state index contributed by atoms with van der Waals surface area (Å²) in [7, 11) is -3.32. The van der Waals surface area contributed by atoms with E-state index in [0.717, 1.165) is 44.9 Å². The molecule has 1 saturated carbocycles. The predicted molar refractivity (Wildman–Crippen MR) is 85.8 cm³/mol. The number of sulfonamides is 1. The first-order chi connectivity index (χ1) is 10.6. The first-order valence-corrected chi connectivity index (χ1v) is 10.1. The average molecular weight is 326 g/mol. The van der Waals surface area contributed by atoms with E-state index in [4.69, 9.17) is 0 Å². The van der Waals surface area contributed by atoms with Crippen molar-refractivity contribution < 1.29 is 13.2 Å². The maximum absolute atomic E-state index is 12.6. The number of carbonyl (C=O) groups excluding carboxylic acids is 1. The van der Waals surface area contributed by atoms with E-state index < -0.39 is 15.3 Å². The summed E-state index contributed by atoms with van der Waals surface area (Å²) in [4.78, 5) is 14.3. The second-order valence-corrected chi connectivity index (χ2v) is 8.82. The molecule has 2 fully saturated rings. The Balaban J connectivity index is 1.60. The van der Waals surface area contributed by atoms with Crippen molar-refractivity contribution in [2.24, 2.45) is 5.92 Å². The van der Waals surface area contributed by atoms with Crippen LogP contribution in [0.25, 0.3) is 0 Å². The lowest BCUT2D eigenvalue weighted by Crippen LogP contribution is -2.51. The van der Waals surface area contributed by atoms with Crippen molar-refractivity contribution >= 4 is 15.9 Å². The molecule has 1 atom stereocenters. The van der Waals surface area contributed by atoms with E-state index in [2.05, 4.69) is 4.72 Å². The molecule has 0 aromatic carbocycles. The summed E-state index contributed by atoms with van der Waals surface area (Å²) in [5, 5.41) is -0.444. The number of carbonyl (C=O) groups is 1. The molecule has 0 aromatic rings. The highest BCUT2D eigenvalue weighted by atomic mass is 32.2. The molecule has 3 aliphatic rings. The van der Waals surface area contributed by atoms with Gasteiger partial charge in [0.15, 0.2) is 0 Å². The van der Waals surface area contributed by atoms with Crippen LogP contribution in [0.5, 0.6) is 0 Å². The smallest absolute Gasteiger partial charge is 0.226 e. The molecule has 0 aromatic heterocycles. The van der Waals surface area contributed by atoms with Gasteiger partial charge in [-0.3, -0.25) is 4.79 Å². The summed E-state index contributed by atoms with van der Waals surface area (Å²) in [5.74, 6) is 0.162. The van der Waals surface area contributed by atoms with Crippen molar-refractivity contribution in [2.75, 3.05) is 13.1 Å². The average Bonchev–Trinajstić information content (AvgIpc) is 3.19. The highest BCUT2D eigenvalue weighted by molar-refractivity contribution is 7.90. The molecule has 1 unspecified atom stereocenters. The summed E-state index contributed by atoms with van der Waals surface area (Å²) in [6.45, 7) is 1.06. The summed E-state index contributed by atoms with van der Waals surface area (Å²) in [6.07, 6.45) is 11.2. The zero-order valence-electron chi connectivity index (χ0n) is 13.0. The Morgan fingerprint density at radius 3 is 2.41 bits per heavy atom. The van der Waals surface area contributed by atoms with Gasteiger partial charge in [0.2, 0.25) is 15.9 Å². The SMILES string of the molecule is O=C(C1CC=CC1)N1CCCC(S(=O)(=O)NC2CCCC2)C1. The number of amides is 1. The minimum absolute atomic E-state index is 0.0317. The van der Waals surface area contributed by atoms with Crippen LogP contribution < -0.4 is 4.72 Å². The van der Waals surface area contributed by atoms with Crippen LogP contribution in [0.3, 0.4) is 0 Å². The molecule has 1 saturated heterocycles. The Hall–Kier alpha value is -0.880. The third-order valence-corrected chi connectivity index (χ3v) is 7.10. The van der Waals surface area contributed by atoms with Crippen molar-refractivity contribution in [1.29, 1.82) is 0 Å². The van der Waals surface area contributed by atoms with Crippen LogP contribution in [-0.2, 0) is 14.8 Å².